The molecule has 4 nitrogen and oxygen atoms in total. The van der Waals surface area contributed by atoms with Crippen molar-refractivity contribution in [2.75, 3.05) is 0 Å². The zero-order valence-corrected chi connectivity index (χ0v) is 12.2. The molecule has 100 valence electrons. The molecule has 0 aliphatic rings. The molecular weight excluding hydrogens is 309 g/mol. The lowest BCUT2D eigenvalue weighted by atomic mass is 10.3. The maximum absolute atomic E-state index is 11.8. The van der Waals surface area contributed by atoms with Crippen molar-refractivity contribution in [3.8, 4) is 5.75 Å². The van der Waals surface area contributed by atoms with Gasteiger partial charge in [0.05, 0.1) is 10.0 Å². The van der Waals surface area contributed by atoms with Gasteiger partial charge in [-0.05, 0) is 19.1 Å². The van der Waals surface area contributed by atoms with Gasteiger partial charge in [-0.3, -0.25) is 9.36 Å². The largest absolute Gasteiger partial charge is 0.422 e. The normalized spacial score (nSPS) is 10.5. The smallest absolute Gasteiger partial charge is 0.331 e. The summed E-state index contributed by atoms with van der Waals surface area (Å²) in [5, 5.41) is 2.17. The van der Waals surface area contributed by atoms with Crippen LogP contribution in [0.15, 0.2) is 28.4 Å². The Morgan fingerprint density at radius 3 is 2.53 bits per heavy atom. The Morgan fingerprint density at radius 2 is 2.00 bits per heavy atom. The van der Waals surface area contributed by atoms with Crippen LogP contribution in [0.5, 0.6) is 5.75 Å². The van der Waals surface area contributed by atoms with Crippen LogP contribution in [0.4, 0.5) is 0 Å². The lowest BCUT2D eigenvalue weighted by molar-refractivity contribution is -0.135. The number of ether oxygens (including phenoxy) is 1. The highest BCUT2D eigenvalue weighted by Gasteiger charge is 2.14. The maximum Gasteiger partial charge on any atom is 0.331 e. The molecule has 2 rings (SSSR count). The fourth-order valence-electron chi connectivity index (χ4n) is 1.45. The number of hydrogen-bond acceptors (Lipinski definition) is 4. The average Bonchev–Trinajstić information content (AvgIpc) is 2.66. The summed E-state index contributed by atoms with van der Waals surface area (Å²) in [6.07, 6.45) is 0. The molecule has 2 aromatic rings. The van der Waals surface area contributed by atoms with Crippen molar-refractivity contribution in [2.45, 2.75) is 13.5 Å². The number of esters is 1. The molecule has 0 saturated heterocycles. The van der Waals surface area contributed by atoms with E-state index in [1.54, 1.807) is 30.5 Å². The second-order valence-corrected chi connectivity index (χ2v) is 5.39. The van der Waals surface area contributed by atoms with Gasteiger partial charge in [-0.1, -0.05) is 40.6 Å². The molecule has 0 saturated carbocycles. The summed E-state index contributed by atoms with van der Waals surface area (Å²) in [7, 11) is 0. The SMILES string of the molecule is Cc1csc(=O)n1CC(=O)Oc1c(Cl)cccc1Cl. The number of carbonyl (C=O) groups is 1. The highest BCUT2D eigenvalue weighted by Crippen LogP contribution is 2.32. The third-order valence-corrected chi connectivity index (χ3v) is 3.87. The van der Waals surface area contributed by atoms with Crippen LogP contribution in [-0.2, 0) is 11.3 Å². The van der Waals surface area contributed by atoms with E-state index in [4.69, 9.17) is 27.9 Å². The number of halogens is 2. The first kappa shape index (κ1) is 14.1. The Balaban J connectivity index is 2.17. The first-order valence-corrected chi connectivity index (χ1v) is 6.92. The number of thiazole rings is 1. The van der Waals surface area contributed by atoms with E-state index < -0.39 is 5.97 Å². The first-order valence-electron chi connectivity index (χ1n) is 5.28. The number of aromatic nitrogens is 1. The molecule has 0 bridgehead atoms. The van der Waals surface area contributed by atoms with Crippen molar-refractivity contribution in [3.05, 3.63) is 49.0 Å². The minimum atomic E-state index is -0.599. The Kier molecular flexibility index (Phi) is 4.29. The lowest BCUT2D eigenvalue weighted by Gasteiger charge is -2.08. The predicted molar refractivity (Wildman–Crippen MR) is 75.4 cm³/mol. The third-order valence-electron chi connectivity index (χ3n) is 2.40. The summed E-state index contributed by atoms with van der Waals surface area (Å²) < 4.78 is 6.43. The Morgan fingerprint density at radius 1 is 1.37 bits per heavy atom. The van der Waals surface area contributed by atoms with E-state index in [-0.39, 0.29) is 27.2 Å². The van der Waals surface area contributed by atoms with Gasteiger partial charge in [-0.2, -0.15) is 0 Å². The molecule has 0 fully saturated rings. The van der Waals surface area contributed by atoms with Gasteiger partial charge < -0.3 is 4.74 Å². The van der Waals surface area contributed by atoms with Gasteiger partial charge in [-0.15, -0.1) is 0 Å². The molecule has 0 radical (unpaired) electrons. The number of para-hydroxylation sites is 1. The van der Waals surface area contributed by atoms with Crippen LogP contribution < -0.4 is 9.61 Å². The number of rotatable bonds is 3. The van der Waals surface area contributed by atoms with Crippen LogP contribution >= 0.6 is 34.5 Å². The molecule has 1 heterocycles. The summed E-state index contributed by atoms with van der Waals surface area (Å²) in [4.78, 5) is 23.1. The van der Waals surface area contributed by atoms with Gasteiger partial charge in [-0.25, -0.2) is 4.79 Å². The van der Waals surface area contributed by atoms with Crippen LogP contribution in [0.25, 0.3) is 0 Å². The zero-order chi connectivity index (χ0) is 14.0. The monoisotopic (exact) mass is 317 g/mol. The van der Waals surface area contributed by atoms with Crippen molar-refractivity contribution >= 4 is 40.5 Å². The molecule has 0 aliphatic carbocycles. The predicted octanol–water partition coefficient (Wildman–Crippen LogP) is 3.13. The second kappa shape index (κ2) is 5.77. The van der Waals surface area contributed by atoms with Crippen molar-refractivity contribution in [3.63, 3.8) is 0 Å². The molecule has 0 unspecified atom stereocenters. The van der Waals surface area contributed by atoms with Gasteiger partial charge in [0, 0.05) is 11.1 Å². The average molecular weight is 318 g/mol. The number of hydrogen-bond donors (Lipinski definition) is 0. The van der Waals surface area contributed by atoms with Gasteiger partial charge in [0.1, 0.15) is 6.54 Å². The van der Waals surface area contributed by atoms with Crippen molar-refractivity contribution in [1.82, 2.24) is 4.57 Å². The Labute approximate surface area is 123 Å². The molecule has 7 heteroatoms. The molecular formula is C12H9Cl2NO3S. The summed E-state index contributed by atoms with van der Waals surface area (Å²) >= 11 is 12.8. The summed E-state index contributed by atoms with van der Waals surface area (Å²) in [6.45, 7) is 1.57. The molecule has 0 spiro atoms. The minimum Gasteiger partial charge on any atom is -0.422 e. The van der Waals surface area contributed by atoms with Crippen LogP contribution in [-0.4, -0.2) is 10.5 Å². The number of aryl methyl sites for hydroxylation is 1. The fraction of sp³-hybridized carbons (Fsp3) is 0.167. The zero-order valence-electron chi connectivity index (χ0n) is 9.85. The van der Waals surface area contributed by atoms with Crippen LogP contribution in [0.2, 0.25) is 10.0 Å². The standard InChI is InChI=1S/C12H9Cl2NO3S/c1-7-6-19-12(17)15(7)5-10(16)18-11-8(13)3-2-4-9(11)14/h2-4,6H,5H2,1H3. The molecule has 0 N–H and O–H groups in total. The van der Waals surface area contributed by atoms with Gasteiger partial charge >= 0.3 is 10.8 Å². The van der Waals surface area contributed by atoms with E-state index in [0.29, 0.717) is 5.69 Å². The van der Waals surface area contributed by atoms with E-state index >= 15 is 0 Å². The van der Waals surface area contributed by atoms with E-state index in [1.165, 1.54) is 4.57 Å². The van der Waals surface area contributed by atoms with E-state index in [9.17, 15) is 9.59 Å². The Bertz CT molecular complexity index is 658. The topological polar surface area (TPSA) is 48.3 Å². The molecule has 19 heavy (non-hydrogen) atoms. The van der Waals surface area contributed by atoms with Gasteiger partial charge in [0.25, 0.3) is 0 Å². The van der Waals surface area contributed by atoms with Gasteiger partial charge in [0.15, 0.2) is 5.75 Å². The third kappa shape index (κ3) is 3.18. The fourth-order valence-corrected chi connectivity index (χ4v) is 2.66. The molecule has 1 aromatic heterocycles. The first-order chi connectivity index (χ1) is 8.99. The number of carbonyl (C=O) groups excluding carboxylic acids is 1. The highest BCUT2D eigenvalue weighted by molar-refractivity contribution is 7.07. The van der Waals surface area contributed by atoms with Crippen molar-refractivity contribution in [2.24, 2.45) is 0 Å². The molecule has 0 atom stereocenters. The molecule has 0 amide bonds. The second-order valence-electron chi connectivity index (χ2n) is 3.75. The van der Waals surface area contributed by atoms with E-state index in [0.717, 1.165) is 11.3 Å². The van der Waals surface area contributed by atoms with E-state index in [2.05, 4.69) is 0 Å². The van der Waals surface area contributed by atoms with Gasteiger partial charge in [0.2, 0.25) is 0 Å². The number of benzene rings is 1. The maximum atomic E-state index is 11.8. The summed E-state index contributed by atoms with van der Waals surface area (Å²) in [5.74, 6) is -0.490. The van der Waals surface area contributed by atoms with Crippen molar-refractivity contribution in [1.29, 1.82) is 0 Å². The van der Waals surface area contributed by atoms with Crippen LogP contribution in [0.1, 0.15) is 5.69 Å². The highest BCUT2D eigenvalue weighted by atomic mass is 35.5. The van der Waals surface area contributed by atoms with E-state index in [1.807, 2.05) is 0 Å². The number of nitrogens with zero attached hydrogens (tertiary/aromatic N) is 1. The minimum absolute atomic E-state index is 0.108. The quantitative estimate of drug-likeness (QED) is 0.645. The lowest BCUT2D eigenvalue weighted by Crippen LogP contribution is -2.23. The molecule has 1 aromatic carbocycles. The van der Waals surface area contributed by atoms with Crippen LogP contribution in [0, 0.1) is 6.92 Å². The van der Waals surface area contributed by atoms with Crippen molar-refractivity contribution < 1.29 is 9.53 Å². The summed E-state index contributed by atoms with van der Waals surface area (Å²) in [5.41, 5.74) is 0.706. The Hall–Kier alpha value is -1.30. The molecule has 0 aliphatic heterocycles. The van der Waals surface area contributed by atoms with Crippen LogP contribution in [0.3, 0.4) is 0 Å². The summed E-state index contributed by atoms with van der Waals surface area (Å²) in [6, 6.07) is 4.78.